The smallest absolute Gasteiger partial charge is 0.318 e. The van der Waals surface area contributed by atoms with Gasteiger partial charge in [-0.15, -0.1) is 0 Å². The summed E-state index contributed by atoms with van der Waals surface area (Å²) in [6.45, 7) is 2.68. The maximum atomic E-state index is 12.1. The SMILES string of the molecule is O=C(NCc1ccccc1)N1CCn2ccnc2C1. The molecular weight excluding hydrogens is 240 g/mol. The van der Waals surface area contributed by atoms with Crippen molar-refractivity contribution in [2.75, 3.05) is 6.54 Å². The fraction of sp³-hybridized carbons (Fsp3) is 0.286. The summed E-state index contributed by atoms with van der Waals surface area (Å²) >= 11 is 0. The predicted octanol–water partition coefficient (Wildman–Crippen LogP) is 1.61. The third-order valence-electron chi connectivity index (χ3n) is 3.32. The van der Waals surface area contributed by atoms with E-state index in [4.69, 9.17) is 0 Å². The van der Waals surface area contributed by atoms with E-state index >= 15 is 0 Å². The molecule has 0 saturated carbocycles. The summed E-state index contributed by atoms with van der Waals surface area (Å²) < 4.78 is 2.08. The maximum absolute atomic E-state index is 12.1. The molecule has 2 heterocycles. The summed E-state index contributed by atoms with van der Waals surface area (Å²) in [6.07, 6.45) is 3.73. The van der Waals surface area contributed by atoms with Gasteiger partial charge in [-0.25, -0.2) is 9.78 Å². The van der Waals surface area contributed by atoms with Crippen LogP contribution in [0.5, 0.6) is 0 Å². The van der Waals surface area contributed by atoms with Crippen molar-refractivity contribution >= 4 is 6.03 Å². The first-order chi connectivity index (χ1) is 9.33. The minimum atomic E-state index is -0.0295. The number of carbonyl (C=O) groups excluding carboxylic acids is 1. The van der Waals surface area contributed by atoms with Gasteiger partial charge >= 0.3 is 6.03 Å². The Morgan fingerprint density at radius 2 is 2.11 bits per heavy atom. The van der Waals surface area contributed by atoms with Crippen molar-refractivity contribution in [3.63, 3.8) is 0 Å². The summed E-state index contributed by atoms with van der Waals surface area (Å²) in [5, 5.41) is 2.94. The molecule has 0 aliphatic carbocycles. The zero-order valence-corrected chi connectivity index (χ0v) is 10.6. The molecule has 2 amide bonds. The second-order valence-electron chi connectivity index (χ2n) is 4.60. The Kier molecular flexibility index (Phi) is 3.18. The number of hydrogen-bond donors (Lipinski definition) is 1. The minimum absolute atomic E-state index is 0.0295. The molecule has 19 heavy (non-hydrogen) atoms. The van der Waals surface area contributed by atoms with E-state index in [-0.39, 0.29) is 6.03 Å². The quantitative estimate of drug-likeness (QED) is 0.887. The summed E-state index contributed by atoms with van der Waals surface area (Å²) in [4.78, 5) is 18.1. The van der Waals surface area contributed by atoms with E-state index in [0.29, 0.717) is 13.1 Å². The molecule has 1 aliphatic rings. The van der Waals surface area contributed by atoms with E-state index in [1.54, 1.807) is 11.1 Å². The molecule has 0 radical (unpaired) electrons. The average molecular weight is 256 g/mol. The first-order valence-electron chi connectivity index (χ1n) is 6.39. The summed E-state index contributed by atoms with van der Waals surface area (Å²) in [5.41, 5.74) is 1.11. The number of imidazole rings is 1. The van der Waals surface area contributed by atoms with Crippen molar-refractivity contribution in [2.45, 2.75) is 19.6 Å². The van der Waals surface area contributed by atoms with Crippen LogP contribution in [0.3, 0.4) is 0 Å². The summed E-state index contributed by atoms with van der Waals surface area (Å²) in [7, 11) is 0. The van der Waals surface area contributed by atoms with E-state index in [1.165, 1.54) is 0 Å². The van der Waals surface area contributed by atoms with Gasteiger partial charge in [0.15, 0.2) is 0 Å². The molecule has 1 aromatic heterocycles. The van der Waals surface area contributed by atoms with Crippen LogP contribution in [-0.4, -0.2) is 27.0 Å². The van der Waals surface area contributed by atoms with Crippen LogP contribution in [0.4, 0.5) is 4.79 Å². The Balaban J connectivity index is 1.57. The third kappa shape index (κ3) is 2.59. The zero-order valence-electron chi connectivity index (χ0n) is 10.6. The lowest BCUT2D eigenvalue weighted by Gasteiger charge is -2.27. The van der Waals surface area contributed by atoms with Crippen LogP contribution in [0.25, 0.3) is 0 Å². The molecule has 0 fully saturated rings. The van der Waals surface area contributed by atoms with Gasteiger partial charge in [-0.05, 0) is 5.56 Å². The molecule has 3 rings (SSSR count). The number of carbonyl (C=O) groups is 1. The second kappa shape index (κ2) is 5.14. The Morgan fingerprint density at radius 3 is 2.95 bits per heavy atom. The number of nitrogens with zero attached hydrogens (tertiary/aromatic N) is 3. The molecule has 0 saturated heterocycles. The fourth-order valence-corrected chi connectivity index (χ4v) is 2.23. The van der Waals surface area contributed by atoms with E-state index in [0.717, 1.165) is 24.5 Å². The van der Waals surface area contributed by atoms with Crippen molar-refractivity contribution in [3.05, 3.63) is 54.1 Å². The van der Waals surface area contributed by atoms with Gasteiger partial charge in [0.25, 0.3) is 0 Å². The Bertz CT molecular complexity index is 564. The van der Waals surface area contributed by atoms with Gasteiger partial charge in [0.05, 0.1) is 6.54 Å². The van der Waals surface area contributed by atoms with Crippen LogP contribution < -0.4 is 5.32 Å². The summed E-state index contributed by atoms with van der Waals surface area (Å²) in [5.74, 6) is 0.945. The van der Waals surface area contributed by atoms with Crippen molar-refractivity contribution in [1.29, 1.82) is 0 Å². The molecule has 1 aromatic carbocycles. The van der Waals surface area contributed by atoms with Gasteiger partial charge in [0.1, 0.15) is 5.82 Å². The number of aromatic nitrogens is 2. The lowest BCUT2D eigenvalue weighted by molar-refractivity contribution is 0.181. The van der Waals surface area contributed by atoms with Crippen molar-refractivity contribution < 1.29 is 4.79 Å². The molecule has 5 nitrogen and oxygen atoms in total. The highest BCUT2D eigenvalue weighted by molar-refractivity contribution is 5.74. The van der Waals surface area contributed by atoms with Crippen LogP contribution in [-0.2, 0) is 19.6 Å². The molecular formula is C14H16N4O. The summed E-state index contributed by atoms with van der Waals surface area (Å²) in [6, 6.07) is 9.89. The highest BCUT2D eigenvalue weighted by Crippen LogP contribution is 2.10. The van der Waals surface area contributed by atoms with Crippen LogP contribution >= 0.6 is 0 Å². The molecule has 0 spiro atoms. The average Bonchev–Trinajstić information content (AvgIpc) is 2.93. The van der Waals surface area contributed by atoms with Gasteiger partial charge in [0, 0.05) is 32.0 Å². The molecule has 2 aromatic rings. The Hall–Kier alpha value is -2.30. The molecule has 0 atom stereocenters. The normalized spacial score (nSPS) is 14.0. The molecule has 98 valence electrons. The fourth-order valence-electron chi connectivity index (χ4n) is 2.23. The lowest BCUT2D eigenvalue weighted by Crippen LogP contribution is -2.43. The van der Waals surface area contributed by atoms with Crippen molar-refractivity contribution in [1.82, 2.24) is 19.8 Å². The van der Waals surface area contributed by atoms with Crippen LogP contribution in [0, 0.1) is 0 Å². The van der Waals surface area contributed by atoms with Gasteiger partial charge in [0.2, 0.25) is 0 Å². The first-order valence-corrected chi connectivity index (χ1v) is 6.39. The molecule has 1 aliphatic heterocycles. The molecule has 5 heteroatoms. The number of fused-ring (bicyclic) bond motifs is 1. The standard InChI is InChI=1S/C14H16N4O/c19-14(16-10-12-4-2-1-3-5-12)18-9-8-17-7-6-15-13(17)11-18/h1-7H,8-11H2,(H,16,19). The number of urea groups is 1. The van der Waals surface area contributed by atoms with Crippen LogP contribution in [0.15, 0.2) is 42.7 Å². The Labute approximate surface area is 111 Å². The maximum Gasteiger partial charge on any atom is 0.318 e. The Morgan fingerprint density at radius 1 is 1.26 bits per heavy atom. The number of benzene rings is 1. The molecule has 0 bridgehead atoms. The number of nitrogens with one attached hydrogen (secondary N) is 1. The van der Waals surface area contributed by atoms with Gasteiger partial charge < -0.3 is 14.8 Å². The third-order valence-corrected chi connectivity index (χ3v) is 3.32. The van der Waals surface area contributed by atoms with E-state index < -0.39 is 0 Å². The zero-order chi connectivity index (χ0) is 13.1. The minimum Gasteiger partial charge on any atom is -0.334 e. The molecule has 1 N–H and O–H groups in total. The highest BCUT2D eigenvalue weighted by Gasteiger charge is 2.20. The monoisotopic (exact) mass is 256 g/mol. The lowest BCUT2D eigenvalue weighted by atomic mass is 10.2. The van der Waals surface area contributed by atoms with E-state index in [9.17, 15) is 4.79 Å². The number of hydrogen-bond acceptors (Lipinski definition) is 2. The van der Waals surface area contributed by atoms with Gasteiger partial charge in [-0.2, -0.15) is 0 Å². The predicted molar refractivity (Wildman–Crippen MR) is 71.3 cm³/mol. The molecule has 0 unspecified atom stereocenters. The number of amides is 2. The van der Waals surface area contributed by atoms with Gasteiger partial charge in [-0.3, -0.25) is 0 Å². The van der Waals surface area contributed by atoms with Crippen molar-refractivity contribution in [3.8, 4) is 0 Å². The van der Waals surface area contributed by atoms with E-state index in [1.807, 2.05) is 36.5 Å². The highest BCUT2D eigenvalue weighted by atomic mass is 16.2. The first kappa shape index (κ1) is 11.8. The van der Waals surface area contributed by atoms with E-state index in [2.05, 4.69) is 14.9 Å². The number of rotatable bonds is 2. The van der Waals surface area contributed by atoms with Crippen molar-refractivity contribution in [2.24, 2.45) is 0 Å². The largest absolute Gasteiger partial charge is 0.334 e. The van der Waals surface area contributed by atoms with Gasteiger partial charge in [-0.1, -0.05) is 30.3 Å². The van der Waals surface area contributed by atoms with Crippen LogP contribution in [0.1, 0.15) is 11.4 Å². The topological polar surface area (TPSA) is 50.2 Å². The van der Waals surface area contributed by atoms with Crippen LogP contribution in [0.2, 0.25) is 0 Å². The second-order valence-corrected chi connectivity index (χ2v) is 4.60.